The van der Waals surface area contributed by atoms with E-state index in [0.717, 1.165) is 41.0 Å². The van der Waals surface area contributed by atoms with Crippen molar-refractivity contribution in [3.63, 3.8) is 0 Å². The van der Waals surface area contributed by atoms with Gasteiger partial charge < -0.3 is 5.73 Å². The zero-order valence-electron chi connectivity index (χ0n) is 10.6. The maximum absolute atomic E-state index is 6.09. The van der Waals surface area contributed by atoms with Gasteiger partial charge in [0.1, 0.15) is 0 Å². The van der Waals surface area contributed by atoms with Crippen LogP contribution in [0.5, 0.6) is 0 Å². The molecule has 2 heterocycles. The molecule has 2 rings (SSSR count). The molecule has 2 aromatic heterocycles. The molecule has 0 saturated heterocycles. The molecule has 2 N–H and O–H groups in total. The van der Waals surface area contributed by atoms with Crippen molar-refractivity contribution >= 4 is 5.69 Å². The molecule has 0 bridgehead atoms. The Balaban J connectivity index is 2.55. The third-order valence-corrected chi connectivity index (χ3v) is 2.86. The maximum Gasteiger partial charge on any atom is 0.0968 e. The quantitative estimate of drug-likeness (QED) is 0.880. The summed E-state index contributed by atoms with van der Waals surface area (Å²) in [7, 11) is 1.93. The third-order valence-electron chi connectivity index (χ3n) is 2.86. The highest BCUT2D eigenvalue weighted by molar-refractivity contribution is 5.75. The van der Waals surface area contributed by atoms with E-state index in [1.807, 2.05) is 30.9 Å². The van der Waals surface area contributed by atoms with Gasteiger partial charge in [-0.3, -0.25) is 9.67 Å². The number of nitrogen functional groups attached to an aromatic ring is 1. The Hall–Kier alpha value is -1.84. The summed E-state index contributed by atoms with van der Waals surface area (Å²) in [6.45, 7) is 4.14. The molecule has 0 spiro atoms. The van der Waals surface area contributed by atoms with Gasteiger partial charge in [0.15, 0.2) is 0 Å². The van der Waals surface area contributed by atoms with E-state index in [4.69, 9.17) is 5.73 Å². The molecule has 0 aliphatic rings. The van der Waals surface area contributed by atoms with E-state index in [1.54, 1.807) is 6.20 Å². The van der Waals surface area contributed by atoms with E-state index < -0.39 is 0 Å². The van der Waals surface area contributed by atoms with Crippen LogP contribution in [0.1, 0.15) is 24.6 Å². The summed E-state index contributed by atoms with van der Waals surface area (Å²) in [4.78, 5) is 4.39. The zero-order valence-corrected chi connectivity index (χ0v) is 10.6. The Bertz CT molecular complexity index is 528. The Morgan fingerprint density at radius 2 is 2.18 bits per heavy atom. The van der Waals surface area contributed by atoms with Gasteiger partial charge in [-0.1, -0.05) is 13.3 Å². The van der Waals surface area contributed by atoms with Crippen molar-refractivity contribution in [2.24, 2.45) is 7.05 Å². The molecule has 0 aliphatic carbocycles. The lowest BCUT2D eigenvalue weighted by Gasteiger charge is -2.06. The number of aryl methyl sites for hydroxylation is 3. The zero-order chi connectivity index (χ0) is 12.4. The predicted octanol–water partition coefficient (Wildman–Crippen LogP) is 2.33. The van der Waals surface area contributed by atoms with Crippen molar-refractivity contribution in [1.82, 2.24) is 14.8 Å². The van der Waals surface area contributed by atoms with Crippen LogP contribution in [0.25, 0.3) is 11.3 Å². The normalized spacial score (nSPS) is 10.8. The number of aromatic nitrogens is 3. The largest absolute Gasteiger partial charge is 0.397 e. The van der Waals surface area contributed by atoms with Crippen LogP contribution in [0, 0.1) is 6.92 Å². The highest BCUT2D eigenvalue weighted by atomic mass is 15.3. The van der Waals surface area contributed by atoms with Gasteiger partial charge in [-0.05, 0) is 25.0 Å². The first-order valence-corrected chi connectivity index (χ1v) is 5.87. The monoisotopic (exact) mass is 230 g/mol. The molecule has 0 saturated carbocycles. The summed E-state index contributed by atoms with van der Waals surface area (Å²) in [6, 6.07) is 1.93. The Morgan fingerprint density at radius 3 is 2.88 bits per heavy atom. The van der Waals surface area contributed by atoms with Crippen LogP contribution in [0.2, 0.25) is 0 Å². The Labute approximate surface area is 101 Å². The molecular weight excluding hydrogens is 212 g/mol. The van der Waals surface area contributed by atoms with Crippen LogP contribution in [0.4, 0.5) is 5.69 Å². The van der Waals surface area contributed by atoms with Gasteiger partial charge in [-0.15, -0.1) is 0 Å². The number of hydrogen-bond donors (Lipinski definition) is 1. The SMILES string of the molecule is CCCc1nn(C)cc1-c1nccc(C)c1N. The summed E-state index contributed by atoms with van der Waals surface area (Å²) < 4.78 is 1.82. The molecule has 17 heavy (non-hydrogen) atoms. The van der Waals surface area contributed by atoms with Gasteiger partial charge in [-0.25, -0.2) is 0 Å². The average Bonchev–Trinajstić information content (AvgIpc) is 2.64. The van der Waals surface area contributed by atoms with Gasteiger partial charge in [0.25, 0.3) is 0 Å². The minimum Gasteiger partial charge on any atom is -0.397 e. The van der Waals surface area contributed by atoms with Crippen LogP contribution < -0.4 is 5.73 Å². The van der Waals surface area contributed by atoms with Crippen LogP contribution in [-0.2, 0) is 13.5 Å². The second-order valence-corrected chi connectivity index (χ2v) is 4.30. The molecule has 0 aliphatic heterocycles. The van der Waals surface area contributed by atoms with Crippen molar-refractivity contribution in [1.29, 1.82) is 0 Å². The highest BCUT2D eigenvalue weighted by Gasteiger charge is 2.13. The molecule has 0 radical (unpaired) electrons. The molecular formula is C13H18N4. The maximum atomic E-state index is 6.09. The first-order chi connectivity index (χ1) is 8.13. The standard InChI is InChI=1S/C13H18N4/c1-4-5-11-10(8-17(3)16-11)13-12(14)9(2)6-7-15-13/h6-8H,4-5,14H2,1-3H3. The summed E-state index contributed by atoms with van der Waals surface area (Å²) in [6.07, 6.45) is 5.80. The Kier molecular flexibility index (Phi) is 3.13. The lowest BCUT2D eigenvalue weighted by molar-refractivity contribution is 0.733. The molecule has 0 fully saturated rings. The summed E-state index contributed by atoms with van der Waals surface area (Å²) >= 11 is 0. The molecule has 4 nitrogen and oxygen atoms in total. The van der Waals surface area contributed by atoms with Crippen LogP contribution in [0.15, 0.2) is 18.5 Å². The topological polar surface area (TPSA) is 56.7 Å². The summed E-state index contributed by atoms with van der Waals surface area (Å²) in [5.41, 5.74) is 10.9. The average molecular weight is 230 g/mol. The van der Waals surface area contributed by atoms with Crippen molar-refractivity contribution in [3.05, 3.63) is 29.7 Å². The van der Waals surface area contributed by atoms with Gasteiger partial charge in [0.2, 0.25) is 0 Å². The summed E-state index contributed by atoms with van der Waals surface area (Å²) in [5, 5.41) is 4.47. The van der Waals surface area contributed by atoms with Gasteiger partial charge in [0, 0.05) is 25.0 Å². The molecule has 2 aromatic rings. The van der Waals surface area contributed by atoms with Gasteiger partial charge >= 0.3 is 0 Å². The number of hydrogen-bond acceptors (Lipinski definition) is 3. The fraction of sp³-hybridized carbons (Fsp3) is 0.385. The van der Waals surface area contributed by atoms with E-state index in [2.05, 4.69) is 17.0 Å². The number of rotatable bonds is 3. The van der Waals surface area contributed by atoms with Crippen LogP contribution in [0.3, 0.4) is 0 Å². The van der Waals surface area contributed by atoms with Crippen LogP contribution >= 0.6 is 0 Å². The molecule has 0 unspecified atom stereocenters. The fourth-order valence-electron chi connectivity index (χ4n) is 1.94. The molecule has 4 heteroatoms. The second-order valence-electron chi connectivity index (χ2n) is 4.30. The van der Waals surface area contributed by atoms with Crippen molar-refractivity contribution in [3.8, 4) is 11.3 Å². The molecule has 90 valence electrons. The van der Waals surface area contributed by atoms with Gasteiger partial charge in [-0.2, -0.15) is 5.10 Å². The number of nitrogens with zero attached hydrogens (tertiary/aromatic N) is 3. The minimum absolute atomic E-state index is 0.748. The van der Waals surface area contributed by atoms with E-state index in [-0.39, 0.29) is 0 Å². The van der Waals surface area contributed by atoms with Crippen molar-refractivity contribution < 1.29 is 0 Å². The second kappa shape index (κ2) is 4.57. The van der Waals surface area contributed by atoms with Crippen molar-refractivity contribution in [2.45, 2.75) is 26.7 Å². The lowest BCUT2D eigenvalue weighted by atomic mass is 10.1. The molecule has 0 atom stereocenters. The highest BCUT2D eigenvalue weighted by Crippen LogP contribution is 2.28. The van der Waals surface area contributed by atoms with E-state index in [1.165, 1.54) is 0 Å². The van der Waals surface area contributed by atoms with E-state index >= 15 is 0 Å². The predicted molar refractivity (Wildman–Crippen MR) is 69.6 cm³/mol. The first-order valence-electron chi connectivity index (χ1n) is 5.87. The van der Waals surface area contributed by atoms with Crippen molar-refractivity contribution in [2.75, 3.05) is 5.73 Å². The smallest absolute Gasteiger partial charge is 0.0968 e. The first kappa shape index (κ1) is 11.6. The minimum atomic E-state index is 0.748. The lowest BCUT2D eigenvalue weighted by Crippen LogP contribution is -1.97. The van der Waals surface area contributed by atoms with E-state index in [9.17, 15) is 0 Å². The number of nitrogens with two attached hydrogens (primary N) is 1. The van der Waals surface area contributed by atoms with E-state index in [0.29, 0.717) is 0 Å². The number of anilines is 1. The third kappa shape index (κ3) is 2.16. The fourth-order valence-corrected chi connectivity index (χ4v) is 1.94. The summed E-state index contributed by atoms with van der Waals surface area (Å²) in [5.74, 6) is 0. The Morgan fingerprint density at radius 1 is 1.41 bits per heavy atom. The van der Waals surface area contributed by atoms with Gasteiger partial charge in [0.05, 0.1) is 17.1 Å². The molecule has 0 amide bonds. The molecule has 0 aromatic carbocycles. The van der Waals surface area contributed by atoms with Crippen LogP contribution in [-0.4, -0.2) is 14.8 Å². The number of pyridine rings is 1.